The van der Waals surface area contributed by atoms with Gasteiger partial charge in [0.1, 0.15) is 11.6 Å². The lowest BCUT2D eigenvalue weighted by atomic mass is 10.1. The van der Waals surface area contributed by atoms with Gasteiger partial charge in [0.15, 0.2) is 0 Å². The maximum atomic E-state index is 12.3. The van der Waals surface area contributed by atoms with Crippen LogP contribution in [0.1, 0.15) is 37.6 Å². The highest BCUT2D eigenvalue weighted by molar-refractivity contribution is 7.09. The first-order valence-electron chi connectivity index (χ1n) is 9.93. The first-order chi connectivity index (χ1) is 13.7. The van der Waals surface area contributed by atoms with E-state index in [1.807, 2.05) is 23.1 Å². The first kappa shape index (κ1) is 20.4. The number of rotatable bonds is 7. The molecule has 0 atom stereocenters. The highest BCUT2D eigenvalue weighted by Crippen LogP contribution is 2.21. The minimum atomic E-state index is 0.0475. The zero-order chi connectivity index (χ0) is 19.8. The van der Waals surface area contributed by atoms with Crippen LogP contribution in [0.2, 0.25) is 0 Å². The van der Waals surface area contributed by atoms with Crippen LogP contribution >= 0.6 is 11.5 Å². The molecule has 1 aliphatic heterocycles. The van der Waals surface area contributed by atoms with Crippen molar-refractivity contribution in [3.63, 3.8) is 0 Å². The Morgan fingerprint density at radius 1 is 1.29 bits per heavy atom. The quantitative estimate of drug-likeness (QED) is 0.719. The van der Waals surface area contributed by atoms with Gasteiger partial charge in [-0.25, -0.2) is 9.78 Å². The number of carbonyl (C=O) groups is 1. The van der Waals surface area contributed by atoms with Gasteiger partial charge < -0.3 is 19.9 Å². The van der Waals surface area contributed by atoms with Gasteiger partial charge in [-0.3, -0.25) is 0 Å². The summed E-state index contributed by atoms with van der Waals surface area (Å²) >= 11 is 1.44. The summed E-state index contributed by atoms with van der Waals surface area (Å²) in [5.74, 6) is 1.67. The van der Waals surface area contributed by atoms with Crippen molar-refractivity contribution in [1.82, 2.24) is 19.6 Å². The van der Waals surface area contributed by atoms with Gasteiger partial charge in [0.2, 0.25) is 5.13 Å². The van der Waals surface area contributed by atoms with Crippen LogP contribution in [0, 0.1) is 0 Å². The molecule has 0 spiro atoms. The molecule has 7 nitrogen and oxygen atoms in total. The molecule has 2 amide bonds. The number of hydrogen-bond donors (Lipinski definition) is 1. The van der Waals surface area contributed by atoms with E-state index in [0.29, 0.717) is 13.0 Å². The van der Waals surface area contributed by atoms with Gasteiger partial charge in [-0.2, -0.15) is 4.37 Å². The van der Waals surface area contributed by atoms with E-state index in [0.717, 1.165) is 67.7 Å². The maximum absolute atomic E-state index is 12.3. The Hall–Kier alpha value is -2.35. The van der Waals surface area contributed by atoms with Crippen molar-refractivity contribution in [3.05, 3.63) is 35.7 Å². The van der Waals surface area contributed by atoms with Gasteiger partial charge in [-0.1, -0.05) is 25.5 Å². The molecule has 1 aromatic heterocycles. The summed E-state index contributed by atoms with van der Waals surface area (Å²) in [6.45, 7) is 6.05. The molecule has 1 N–H and O–H groups in total. The molecular weight excluding hydrogens is 374 g/mol. The van der Waals surface area contributed by atoms with Gasteiger partial charge in [-0.05, 0) is 30.5 Å². The topological polar surface area (TPSA) is 70.6 Å². The van der Waals surface area contributed by atoms with E-state index in [9.17, 15) is 4.79 Å². The van der Waals surface area contributed by atoms with Crippen LogP contribution in [0.3, 0.4) is 0 Å². The van der Waals surface area contributed by atoms with Crippen LogP contribution in [0.4, 0.5) is 9.93 Å². The third-order valence-electron chi connectivity index (χ3n) is 4.81. The lowest BCUT2D eigenvalue weighted by molar-refractivity contribution is 0.201. The molecule has 0 saturated carbocycles. The molecule has 0 radical (unpaired) electrons. The Kier molecular flexibility index (Phi) is 7.47. The first-order valence-corrected chi connectivity index (χ1v) is 10.7. The molecule has 8 heteroatoms. The smallest absolute Gasteiger partial charge is 0.317 e. The molecular formula is C20H29N5O2S. The third kappa shape index (κ3) is 5.58. The fourth-order valence-corrected chi connectivity index (χ4v) is 3.94. The number of anilines is 1. The van der Waals surface area contributed by atoms with E-state index >= 15 is 0 Å². The Morgan fingerprint density at radius 2 is 2.18 bits per heavy atom. The number of carbonyl (C=O) groups excluding carboxylic acids is 1. The monoisotopic (exact) mass is 403 g/mol. The number of unbranched alkanes of at least 4 members (excludes halogenated alkanes) is 1. The number of ether oxygens (including phenoxy) is 1. The van der Waals surface area contributed by atoms with Gasteiger partial charge in [-0.15, -0.1) is 0 Å². The molecule has 1 fully saturated rings. The molecule has 0 aliphatic carbocycles. The number of hydrogen-bond acceptors (Lipinski definition) is 6. The van der Waals surface area contributed by atoms with Crippen molar-refractivity contribution < 1.29 is 9.53 Å². The second kappa shape index (κ2) is 10.3. The number of nitrogens with zero attached hydrogens (tertiary/aromatic N) is 4. The number of urea groups is 1. The fourth-order valence-electron chi connectivity index (χ4n) is 3.21. The van der Waals surface area contributed by atoms with Crippen LogP contribution < -0.4 is 15.0 Å². The molecule has 1 aliphatic rings. The van der Waals surface area contributed by atoms with E-state index in [2.05, 4.69) is 27.6 Å². The molecule has 3 rings (SSSR count). The number of amides is 2. The standard InChI is InChI=1S/C20H29N5O2S/c1-3-4-9-21-19(26)24-10-6-11-25(13-12-24)20-22-18(23-28-20)15-16-7-5-8-17(14-16)27-2/h5,7-8,14H,3-4,6,9-13,15H2,1-2H3,(H,21,26). The summed E-state index contributed by atoms with van der Waals surface area (Å²) in [5.41, 5.74) is 1.13. The lowest BCUT2D eigenvalue weighted by Gasteiger charge is -2.21. The van der Waals surface area contributed by atoms with Crippen LogP contribution in [-0.4, -0.2) is 60.1 Å². The van der Waals surface area contributed by atoms with Crippen molar-refractivity contribution in [2.75, 3.05) is 44.7 Å². The van der Waals surface area contributed by atoms with Gasteiger partial charge >= 0.3 is 6.03 Å². The second-order valence-electron chi connectivity index (χ2n) is 6.93. The number of benzene rings is 1. The van der Waals surface area contributed by atoms with Crippen LogP contribution in [0.5, 0.6) is 5.75 Å². The zero-order valence-electron chi connectivity index (χ0n) is 16.7. The lowest BCUT2D eigenvalue weighted by Crippen LogP contribution is -2.42. The van der Waals surface area contributed by atoms with Crippen molar-refractivity contribution >= 4 is 22.7 Å². The van der Waals surface area contributed by atoms with E-state index in [1.54, 1.807) is 7.11 Å². The Labute approximate surface area is 170 Å². The van der Waals surface area contributed by atoms with Crippen molar-refractivity contribution in [3.8, 4) is 5.75 Å². The molecule has 2 heterocycles. The van der Waals surface area contributed by atoms with Crippen LogP contribution in [0.25, 0.3) is 0 Å². The number of aromatic nitrogens is 2. The molecule has 2 aromatic rings. The predicted molar refractivity (Wildman–Crippen MR) is 112 cm³/mol. The van der Waals surface area contributed by atoms with E-state index in [-0.39, 0.29) is 6.03 Å². The number of methoxy groups -OCH3 is 1. The van der Waals surface area contributed by atoms with E-state index in [1.165, 1.54) is 11.5 Å². The molecule has 28 heavy (non-hydrogen) atoms. The summed E-state index contributed by atoms with van der Waals surface area (Å²) in [5, 5.41) is 3.95. The Morgan fingerprint density at radius 3 is 3.00 bits per heavy atom. The highest BCUT2D eigenvalue weighted by atomic mass is 32.1. The zero-order valence-corrected chi connectivity index (χ0v) is 17.5. The summed E-state index contributed by atoms with van der Waals surface area (Å²) < 4.78 is 9.82. The second-order valence-corrected chi connectivity index (χ2v) is 7.66. The SMILES string of the molecule is CCCCNC(=O)N1CCCN(c2nc(Cc3cccc(OC)c3)ns2)CC1. The van der Waals surface area contributed by atoms with Crippen molar-refractivity contribution in [2.45, 2.75) is 32.6 Å². The van der Waals surface area contributed by atoms with E-state index in [4.69, 9.17) is 9.72 Å². The molecule has 0 bridgehead atoms. The predicted octanol–water partition coefficient (Wildman–Crippen LogP) is 3.16. The molecule has 152 valence electrons. The molecule has 1 aromatic carbocycles. The van der Waals surface area contributed by atoms with E-state index < -0.39 is 0 Å². The minimum Gasteiger partial charge on any atom is -0.497 e. The average molecular weight is 404 g/mol. The Bertz CT molecular complexity index is 767. The van der Waals surface area contributed by atoms with Gasteiger partial charge in [0.25, 0.3) is 0 Å². The number of nitrogens with one attached hydrogen (secondary N) is 1. The summed E-state index contributed by atoms with van der Waals surface area (Å²) in [4.78, 5) is 21.2. The van der Waals surface area contributed by atoms with Crippen LogP contribution in [0.15, 0.2) is 24.3 Å². The van der Waals surface area contributed by atoms with Crippen LogP contribution in [-0.2, 0) is 6.42 Å². The average Bonchev–Trinajstić information content (AvgIpc) is 3.03. The molecule has 0 unspecified atom stereocenters. The van der Waals surface area contributed by atoms with Gasteiger partial charge in [0, 0.05) is 50.7 Å². The van der Waals surface area contributed by atoms with Crippen molar-refractivity contribution in [2.24, 2.45) is 0 Å². The normalized spacial score (nSPS) is 14.6. The largest absolute Gasteiger partial charge is 0.497 e. The minimum absolute atomic E-state index is 0.0475. The fraction of sp³-hybridized carbons (Fsp3) is 0.550. The highest BCUT2D eigenvalue weighted by Gasteiger charge is 2.21. The summed E-state index contributed by atoms with van der Waals surface area (Å²) in [6.07, 6.45) is 3.73. The maximum Gasteiger partial charge on any atom is 0.317 e. The molecule has 1 saturated heterocycles. The summed E-state index contributed by atoms with van der Waals surface area (Å²) in [7, 11) is 1.67. The Balaban J connectivity index is 1.55. The third-order valence-corrected chi connectivity index (χ3v) is 5.63. The summed E-state index contributed by atoms with van der Waals surface area (Å²) in [6, 6.07) is 8.04. The van der Waals surface area contributed by atoms with Gasteiger partial charge in [0.05, 0.1) is 7.11 Å². The van der Waals surface area contributed by atoms with Crippen molar-refractivity contribution in [1.29, 1.82) is 0 Å².